The molecule has 0 spiro atoms. The number of benzene rings is 2. The maximum Gasteiger partial charge on any atom is 0.285 e. The van der Waals surface area contributed by atoms with Gasteiger partial charge in [0.15, 0.2) is 0 Å². The third-order valence-corrected chi connectivity index (χ3v) is 6.62. The van der Waals surface area contributed by atoms with Gasteiger partial charge in [-0.25, -0.2) is 9.97 Å². The Bertz CT molecular complexity index is 1350. The lowest BCUT2D eigenvalue weighted by atomic mass is 10.1. The first-order valence-electron chi connectivity index (χ1n) is 8.54. The molecule has 0 amide bonds. The van der Waals surface area contributed by atoms with E-state index < -0.39 is 16.0 Å². The van der Waals surface area contributed by atoms with Gasteiger partial charge < -0.3 is 16.8 Å². The number of nitrogens with two attached hydrogens (primary N) is 2. The second-order valence-corrected chi connectivity index (χ2v) is 9.10. The monoisotopic (exact) mass is 458 g/mol. The Balaban J connectivity index is 1.70. The summed E-state index contributed by atoms with van der Waals surface area (Å²) in [5.74, 6) is 0.0822. The van der Waals surface area contributed by atoms with Crippen LogP contribution in [0.2, 0.25) is 5.02 Å². The minimum absolute atomic E-state index is 0.0216. The van der Waals surface area contributed by atoms with E-state index in [0.29, 0.717) is 16.5 Å². The number of sulfonamides is 1. The predicted octanol–water partition coefficient (Wildman–Crippen LogP) is 3.72. The van der Waals surface area contributed by atoms with Gasteiger partial charge in [0.25, 0.3) is 10.0 Å². The molecule has 0 bridgehead atoms. The van der Waals surface area contributed by atoms with Gasteiger partial charge in [0.05, 0.1) is 10.3 Å². The van der Waals surface area contributed by atoms with Crippen molar-refractivity contribution in [2.75, 3.05) is 5.32 Å². The molecule has 0 saturated carbocycles. The molecule has 0 atom stereocenters. The number of nitrogens with zero attached hydrogens (tertiary/aromatic N) is 3. The van der Waals surface area contributed by atoms with E-state index in [1.165, 1.54) is 29.8 Å². The summed E-state index contributed by atoms with van der Waals surface area (Å²) in [7, 11) is -3.95. The first-order valence-corrected chi connectivity index (χ1v) is 11.2. The number of halogens is 1. The van der Waals surface area contributed by atoms with Crippen molar-refractivity contribution in [3.8, 4) is 11.1 Å². The van der Waals surface area contributed by atoms with Crippen LogP contribution in [-0.4, -0.2) is 24.3 Å². The van der Waals surface area contributed by atoms with Crippen LogP contribution in [0.15, 0.2) is 69.5 Å². The van der Waals surface area contributed by atoms with Crippen LogP contribution in [0.4, 0.5) is 11.5 Å². The van der Waals surface area contributed by atoms with E-state index in [9.17, 15) is 8.42 Å². The van der Waals surface area contributed by atoms with Gasteiger partial charge >= 0.3 is 0 Å². The molecule has 2 aromatic carbocycles. The molecule has 0 saturated heterocycles. The number of hydrogen-bond acceptors (Lipinski definition) is 6. The molecular formula is C19H15ClN6O2S2. The van der Waals surface area contributed by atoms with Crippen LogP contribution < -0.4 is 16.8 Å². The third kappa shape index (κ3) is 4.06. The van der Waals surface area contributed by atoms with Crippen molar-refractivity contribution in [1.82, 2.24) is 9.97 Å². The number of anilines is 2. The molecule has 0 aliphatic heterocycles. The Kier molecular flexibility index (Phi) is 5.29. The molecule has 4 rings (SSSR count). The van der Waals surface area contributed by atoms with Crippen LogP contribution in [-0.2, 0) is 10.0 Å². The van der Waals surface area contributed by atoms with Gasteiger partial charge in [0, 0.05) is 21.7 Å². The fourth-order valence-corrected chi connectivity index (χ4v) is 4.76. The summed E-state index contributed by atoms with van der Waals surface area (Å²) in [5.41, 5.74) is 13.0. The average Bonchev–Trinajstić information content (AvgIpc) is 3.13. The summed E-state index contributed by atoms with van der Waals surface area (Å²) in [6, 6.07) is 13.6. The molecule has 0 unspecified atom stereocenters. The second-order valence-electron chi connectivity index (χ2n) is 6.20. The Hall–Kier alpha value is -3.21. The van der Waals surface area contributed by atoms with Crippen LogP contribution in [0.3, 0.4) is 0 Å². The molecule has 0 radical (unpaired) electrons. The summed E-state index contributed by atoms with van der Waals surface area (Å²) in [6.45, 7) is 0. The molecule has 152 valence electrons. The number of rotatable bonds is 5. The minimum atomic E-state index is -3.95. The van der Waals surface area contributed by atoms with E-state index in [4.69, 9.17) is 23.1 Å². The van der Waals surface area contributed by atoms with Crippen molar-refractivity contribution >= 4 is 60.6 Å². The Morgan fingerprint density at radius 3 is 2.40 bits per heavy atom. The van der Waals surface area contributed by atoms with Crippen molar-refractivity contribution in [3.63, 3.8) is 0 Å². The van der Waals surface area contributed by atoms with Gasteiger partial charge in [-0.05, 0) is 42.0 Å². The van der Waals surface area contributed by atoms with Crippen molar-refractivity contribution in [2.24, 2.45) is 15.9 Å². The molecule has 2 heterocycles. The third-order valence-electron chi connectivity index (χ3n) is 4.17. The summed E-state index contributed by atoms with van der Waals surface area (Å²) < 4.78 is 27.4. The summed E-state index contributed by atoms with van der Waals surface area (Å²) >= 11 is 7.51. The van der Waals surface area contributed by atoms with Gasteiger partial charge in [-0.1, -0.05) is 23.7 Å². The highest BCUT2D eigenvalue weighted by atomic mass is 35.5. The van der Waals surface area contributed by atoms with Crippen molar-refractivity contribution < 1.29 is 8.42 Å². The number of guanidine groups is 1. The quantitative estimate of drug-likeness (QED) is 0.306. The molecule has 11 heteroatoms. The van der Waals surface area contributed by atoms with E-state index in [1.54, 1.807) is 12.1 Å². The standard InChI is InChI=1S/C19H15ClN6O2S2/c20-12-3-1-11(2-4-12)15-9-29-18-16(15)17(23-10-24-18)25-13-5-7-14(8-6-13)30(27,28)26-19(21)22/h1-10H,(H4,21,22,26)(H,23,24,25). The van der Waals surface area contributed by atoms with Gasteiger partial charge in [-0.15, -0.1) is 15.7 Å². The fraction of sp³-hybridized carbons (Fsp3) is 0. The lowest BCUT2D eigenvalue weighted by Crippen LogP contribution is -2.24. The number of nitrogens with one attached hydrogen (secondary N) is 1. The second kappa shape index (κ2) is 7.90. The average molecular weight is 459 g/mol. The Morgan fingerprint density at radius 1 is 1.03 bits per heavy atom. The Morgan fingerprint density at radius 2 is 1.73 bits per heavy atom. The number of fused-ring (bicyclic) bond motifs is 1. The van der Waals surface area contributed by atoms with Gasteiger partial charge in [-0.3, -0.25) is 0 Å². The first kappa shape index (κ1) is 20.1. The highest BCUT2D eigenvalue weighted by molar-refractivity contribution is 7.90. The summed E-state index contributed by atoms with van der Waals surface area (Å²) in [5, 5.41) is 6.76. The van der Waals surface area contributed by atoms with E-state index in [0.717, 1.165) is 21.3 Å². The van der Waals surface area contributed by atoms with Crippen LogP contribution in [0.25, 0.3) is 21.3 Å². The fourth-order valence-electron chi connectivity index (χ4n) is 2.85. The maximum absolute atomic E-state index is 12.1. The molecule has 8 nitrogen and oxygen atoms in total. The smallest absolute Gasteiger partial charge is 0.285 e. The maximum atomic E-state index is 12.1. The Labute approximate surface area is 181 Å². The normalized spacial score (nSPS) is 11.4. The highest BCUT2D eigenvalue weighted by Crippen LogP contribution is 2.37. The van der Waals surface area contributed by atoms with E-state index in [1.807, 2.05) is 29.6 Å². The molecule has 0 fully saturated rings. The van der Waals surface area contributed by atoms with Crippen LogP contribution in [0, 0.1) is 0 Å². The minimum Gasteiger partial charge on any atom is -0.369 e. The topological polar surface area (TPSA) is 136 Å². The number of hydrogen-bond donors (Lipinski definition) is 3. The lowest BCUT2D eigenvalue weighted by Gasteiger charge is -2.09. The molecular weight excluding hydrogens is 444 g/mol. The largest absolute Gasteiger partial charge is 0.369 e. The summed E-state index contributed by atoms with van der Waals surface area (Å²) in [6.07, 6.45) is 1.48. The molecule has 5 N–H and O–H groups in total. The van der Waals surface area contributed by atoms with E-state index in [-0.39, 0.29) is 4.90 Å². The lowest BCUT2D eigenvalue weighted by molar-refractivity contribution is 0.598. The number of thiophene rings is 1. The predicted molar refractivity (Wildman–Crippen MR) is 121 cm³/mol. The van der Waals surface area contributed by atoms with Crippen molar-refractivity contribution in [2.45, 2.75) is 4.90 Å². The van der Waals surface area contributed by atoms with Gasteiger partial charge in [0.2, 0.25) is 5.96 Å². The van der Waals surface area contributed by atoms with E-state index >= 15 is 0 Å². The van der Waals surface area contributed by atoms with Gasteiger partial charge in [0.1, 0.15) is 17.0 Å². The highest BCUT2D eigenvalue weighted by Gasteiger charge is 2.15. The zero-order chi connectivity index (χ0) is 21.3. The SMILES string of the molecule is NC(N)=NS(=O)(=O)c1ccc(Nc2ncnc3scc(-c4ccc(Cl)cc4)c23)cc1. The molecule has 2 aromatic heterocycles. The molecule has 0 aliphatic carbocycles. The molecule has 0 aliphatic rings. The van der Waals surface area contributed by atoms with Gasteiger partial charge in [-0.2, -0.15) is 8.42 Å². The zero-order valence-corrected chi connectivity index (χ0v) is 17.7. The van der Waals surface area contributed by atoms with Crippen molar-refractivity contribution in [1.29, 1.82) is 0 Å². The molecule has 30 heavy (non-hydrogen) atoms. The summed E-state index contributed by atoms with van der Waals surface area (Å²) in [4.78, 5) is 9.52. The van der Waals surface area contributed by atoms with Crippen LogP contribution >= 0.6 is 22.9 Å². The number of aromatic nitrogens is 2. The van der Waals surface area contributed by atoms with Crippen LogP contribution in [0.5, 0.6) is 0 Å². The van der Waals surface area contributed by atoms with Crippen molar-refractivity contribution in [3.05, 3.63) is 65.3 Å². The van der Waals surface area contributed by atoms with E-state index in [2.05, 4.69) is 19.7 Å². The zero-order valence-electron chi connectivity index (χ0n) is 15.3. The van der Waals surface area contributed by atoms with Crippen LogP contribution in [0.1, 0.15) is 0 Å². The first-order chi connectivity index (χ1) is 14.3. The molecule has 4 aromatic rings.